The highest BCUT2D eigenvalue weighted by Crippen LogP contribution is 2.18. The van der Waals surface area contributed by atoms with Crippen molar-refractivity contribution in [3.8, 4) is 5.75 Å². The van der Waals surface area contributed by atoms with Gasteiger partial charge in [0, 0.05) is 12.6 Å². The van der Waals surface area contributed by atoms with E-state index in [9.17, 15) is 4.79 Å². The highest BCUT2D eigenvalue weighted by Gasteiger charge is 2.13. The van der Waals surface area contributed by atoms with Crippen molar-refractivity contribution in [2.75, 3.05) is 19.7 Å². The molecule has 4 heteroatoms. The van der Waals surface area contributed by atoms with Crippen LogP contribution in [0, 0.1) is 13.8 Å². The Bertz CT molecular complexity index is 429. The molecule has 0 spiro atoms. The fourth-order valence-electron chi connectivity index (χ4n) is 1.83. The lowest BCUT2D eigenvalue weighted by Gasteiger charge is -2.24. The number of nitrogens with zero attached hydrogens (tertiary/aromatic N) is 1. The summed E-state index contributed by atoms with van der Waals surface area (Å²) in [5, 5.41) is 8.85. The predicted octanol–water partition coefficient (Wildman–Crippen LogP) is 2.48. The van der Waals surface area contributed by atoms with Gasteiger partial charge in [0.05, 0.1) is 6.54 Å². The van der Waals surface area contributed by atoms with E-state index in [1.807, 2.05) is 50.8 Å². The Balaban J connectivity index is 2.51. The highest BCUT2D eigenvalue weighted by molar-refractivity contribution is 5.69. The highest BCUT2D eigenvalue weighted by atomic mass is 16.5. The van der Waals surface area contributed by atoms with Gasteiger partial charge in [-0.3, -0.25) is 9.69 Å². The molecule has 0 fully saturated rings. The van der Waals surface area contributed by atoms with E-state index in [2.05, 4.69) is 0 Å². The largest absolute Gasteiger partial charge is 0.492 e. The van der Waals surface area contributed by atoms with Gasteiger partial charge in [0.15, 0.2) is 0 Å². The normalized spacial score (nSPS) is 11.1. The first-order valence-corrected chi connectivity index (χ1v) is 6.56. The van der Waals surface area contributed by atoms with Crippen molar-refractivity contribution in [2.45, 2.75) is 33.7 Å². The second-order valence-corrected chi connectivity index (χ2v) is 5.08. The number of carboxylic acids is 1. The molecular formula is C15H23NO3. The molecule has 106 valence electrons. The fraction of sp³-hybridized carbons (Fsp3) is 0.533. The van der Waals surface area contributed by atoms with Crippen LogP contribution in [0.25, 0.3) is 0 Å². The summed E-state index contributed by atoms with van der Waals surface area (Å²) in [6.07, 6.45) is 0. The number of carboxylic acid groups (broad SMARTS) is 1. The summed E-state index contributed by atoms with van der Waals surface area (Å²) in [4.78, 5) is 12.6. The molecular weight excluding hydrogens is 242 g/mol. The van der Waals surface area contributed by atoms with Crippen molar-refractivity contribution >= 4 is 5.97 Å². The van der Waals surface area contributed by atoms with Crippen LogP contribution in [0.5, 0.6) is 5.75 Å². The van der Waals surface area contributed by atoms with E-state index in [1.54, 1.807) is 0 Å². The van der Waals surface area contributed by atoms with Gasteiger partial charge >= 0.3 is 5.97 Å². The molecule has 0 unspecified atom stereocenters. The van der Waals surface area contributed by atoms with E-state index >= 15 is 0 Å². The maximum Gasteiger partial charge on any atom is 0.317 e. The molecule has 19 heavy (non-hydrogen) atoms. The summed E-state index contributed by atoms with van der Waals surface area (Å²) in [6, 6.07) is 6.28. The Morgan fingerprint density at radius 3 is 2.63 bits per heavy atom. The molecule has 0 saturated carbocycles. The lowest BCUT2D eigenvalue weighted by atomic mass is 10.1. The minimum Gasteiger partial charge on any atom is -0.492 e. The SMILES string of the molecule is Cc1ccc(C)c(OCCN(CC(=O)O)C(C)C)c1. The number of aliphatic carboxylic acids is 1. The van der Waals surface area contributed by atoms with Crippen LogP contribution >= 0.6 is 0 Å². The maximum absolute atomic E-state index is 10.8. The van der Waals surface area contributed by atoms with E-state index in [4.69, 9.17) is 9.84 Å². The molecule has 1 rings (SSSR count). The molecule has 0 aromatic heterocycles. The number of hydrogen-bond donors (Lipinski definition) is 1. The summed E-state index contributed by atoms with van der Waals surface area (Å²) in [5.74, 6) is 0.0690. The Morgan fingerprint density at radius 2 is 2.05 bits per heavy atom. The quantitative estimate of drug-likeness (QED) is 0.823. The molecule has 0 heterocycles. The van der Waals surface area contributed by atoms with Crippen LogP contribution in [0.4, 0.5) is 0 Å². The van der Waals surface area contributed by atoms with E-state index < -0.39 is 5.97 Å². The van der Waals surface area contributed by atoms with Gasteiger partial charge in [-0.05, 0) is 44.9 Å². The maximum atomic E-state index is 10.8. The van der Waals surface area contributed by atoms with E-state index in [0.717, 1.165) is 16.9 Å². The number of ether oxygens (including phenoxy) is 1. The van der Waals surface area contributed by atoms with Gasteiger partial charge in [-0.25, -0.2) is 0 Å². The van der Waals surface area contributed by atoms with Gasteiger partial charge in [0.2, 0.25) is 0 Å². The lowest BCUT2D eigenvalue weighted by Crippen LogP contribution is -2.38. The molecule has 1 aromatic rings. The van der Waals surface area contributed by atoms with Crippen LogP contribution in [-0.2, 0) is 4.79 Å². The average molecular weight is 265 g/mol. The third-order valence-electron chi connectivity index (χ3n) is 3.05. The Labute approximate surface area is 115 Å². The molecule has 0 radical (unpaired) electrons. The summed E-state index contributed by atoms with van der Waals surface area (Å²) in [6.45, 7) is 9.16. The Hall–Kier alpha value is -1.55. The zero-order valence-electron chi connectivity index (χ0n) is 12.1. The van der Waals surface area contributed by atoms with Crippen molar-refractivity contribution < 1.29 is 14.6 Å². The number of benzene rings is 1. The van der Waals surface area contributed by atoms with Crippen LogP contribution in [0.15, 0.2) is 18.2 Å². The van der Waals surface area contributed by atoms with Gasteiger partial charge < -0.3 is 9.84 Å². The Kier molecular flexibility index (Phi) is 5.83. The van der Waals surface area contributed by atoms with Crippen molar-refractivity contribution in [2.24, 2.45) is 0 Å². The molecule has 0 bridgehead atoms. The topological polar surface area (TPSA) is 49.8 Å². The molecule has 4 nitrogen and oxygen atoms in total. The second kappa shape index (κ2) is 7.14. The summed E-state index contributed by atoms with van der Waals surface area (Å²) in [5.41, 5.74) is 2.26. The van der Waals surface area contributed by atoms with Gasteiger partial charge in [0.25, 0.3) is 0 Å². The van der Waals surface area contributed by atoms with Crippen LogP contribution in [0.3, 0.4) is 0 Å². The van der Waals surface area contributed by atoms with Gasteiger partial charge in [-0.1, -0.05) is 12.1 Å². The molecule has 0 saturated heterocycles. The minimum absolute atomic E-state index is 0.0494. The fourth-order valence-corrected chi connectivity index (χ4v) is 1.83. The molecule has 0 amide bonds. The summed E-state index contributed by atoms with van der Waals surface area (Å²) < 4.78 is 5.75. The first-order chi connectivity index (χ1) is 8.90. The molecule has 0 atom stereocenters. The van der Waals surface area contributed by atoms with Crippen molar-refractivity contribution in [3.63, 3.8) is 0 Å². The zero-order valence-corrected chi connectivity index (χ0v) is 12.1. The van der Waals surface area contributed by atoms with Crippen molar-refractivity contribution in [1.82, 2.24) is 4.90 Å². The van der Waals surface area contributed by atoms with Crippen molar-refractivity contribution in [3.05, 3.63) is 29.3 Å². The average Bonchev–Trinajstić information content (AvgIpc) is 2.31. The standard InChI is InChI=1S/C15H23NO3/c1-11(2)16(10-15(17)18)7-8-19-14-9-12(3)5-6-13(14)4/h5-6,9,11H,7-8,10H2,1-4H3,(H,17,18). The first kappa shape index (κ1) is 15.5. The van der Waals surface area contributed by atoms with E-state index in [1.165, 1.54) is 0 Å². The molecule has 1 aromatic carbocycles. The third kappa shape index (κ3) is 5.30. The van der Waals surface area contributed by atoms with E-state index in [0.29, 0.717) is 13.2 Å². The minimum atomic E-state index is -0.805. The van der Waals surface area contributed by atoms with Crippen molar-refractivity contribution in [1.29, 1.82) is 0 Å². The molecule has 0 aliphatic heterocycles. The van der Waals surface area contributed by atoms with E-state index in [-0.39, 0.29) is 12.6 Å². The number of aryl methyl sites for hydroxylation is 2. The Morgan fingerprint density at radius 1 is 1.37 bits per heavy atom. The molecule has 0 aliphatic carbocycles. The first-order valence-electron chi connectivity index (χ1n) is 6.56. The smallest absolute Gasteiger partial charge is 0.317 e. The van der Waals surface area contributed by atoms with Gasteiger partial charge in [0.1, 0.15) is 12.4 Å². The zero-order chi connectivity index (χ0) is 14.4. The van der Waals surface area contributed by atoms with Gasteiger partial charge in [-0.2, -0.15) is 0 Å². The third-order valence-corrected chi connectivity index (χ3v) is 3.05. The van der Waals surface area contributed by atoms with Crippen LogP contribution in [0.2, 0.25) is 0 Å². The van der Waals surface area contributed by atoms with Crippen LogP contribution < -0.4 is 4.74 Å². The van der Waals surface area contributed by atoms with Crippen LogP contribution in [-0.4, -0.2) is 41.7 Å². The number of hydrogen-bond acceptors (Lipinski definition) is 3. The predicted molar refractivity (Wildman–Crippen MR) is 75.8 cm³/mol. The molecule has 1 N–H and O–H groups in total. The van der Waals surface area contributed by atoms with Gasteiger partial charge in [-0.15, -0.1) is 0 Å². The summed E-state index contributed by atoms with van der Waals surface area (Å²) in [7, 11) is 0. The molecule has 0 aliphatic rings. The monoisotopic (exact) mass is 265 g/mol. The number of rotatable bonds is 7. The lowest BCUT2D eigenvalue weighted by molar-refractivity contribution is -0.138. The van der Waals surface area contributed by atoms with Crippen LogP contribution in [0.1, 0.15) is 25.0 Å². The summed E-state index contributed by atoms with van der Waals surface area (Å²) >= 11 is 0. The number of carbonyl (C=O) groups is 1. The second-order valence-electron chi connectivity index (χ2n) is 5.08.